The first kappa shape index (κ1) is 13.6. The van der Waals surface area contributed by atoms with Crippen molar-refractivity contribution in [3.63, 3.8) is 0 Å². The van der Waals surface area contributed by atoms with E-state index in [1.807, 2.05) is 12.1 Å². The molecule has 21 heavy (non-hydrogen) atoms. The molecule has 0 saturated heterocycles. The monoisotopic (exact) mass is 288 g/mol. The van der Waals surface area contributed by atoms with Crippen molar-refractivity contribution in [2.45, 2.75) is 25.5 Å². The summed E-state index contributed by atoms with van der Waals surface area (Å²) in [4.78, 5) is 15.6. The number of hydrogen-bond donors (Lipinski definition) is 2. The Morgan fingerprint density at radius 3 is 3.00 bits per heavy atom. The Kier molecular flexibility index (Phi) is 3.39. The van der Waals surface area contributed by atoms with Gasteiger partial charge in [0.2, 0.25) is 0 Å². The number of aliphatic hydroxyl groups excluding tert-OH is 1. The highest BCUT2D eigenvalue weighted by atomic mass is 16.5. The highest BCUT2D eigenvalue weighted by Crippen LogP contribution is 2.33. The van der Waals surface area contributed by atoms with E-state index in [1.54, 1.807) is 23.8 Å². The molecule has 110 valence electrons. The minimum absolute atomic E-state index is 0.0200. The summed E-state index contributed by atoms with van der Waals surface area (Å²) in [7, 11) is 1.57. The zero-order valence-corrected chi connectivity index (χ0v) is 11.6. The van der Waals surface area contributed by atoms with Crippen LogP contribution in [0.3, 0.4) is 0 Å². The maximum absolute atomic E-state index is 11.4. The zero-order valence-electron chi connectivity index (χ0n) is 11.6. The van der Waals surface area contributed by atoms with Crippen molar-refractivity contribution >= 4 is 5.97 Å². The summed E-state index contributed by atoms with van der Waals surface area (Å²) in [5.41, 5.74) is 1.33. The summed E-state index contributed by atoms with van der Waals surface area (Å²) in [5.74, 6) is 0.0579. The first-order valence-corrected chi connectivity index (χ1v) is 6.78. The van der Waals surface area contributed by atoms with Gasteiger partial charge in [0.25, 0.3) is 0 Å². The van der Waals surface area contributed by atoms with Crippen LogP contribution in [0, 0.1) is 0 Å². The number of nitrogens with zero attached hydrogens (tertiary/aromatic N) is 2. The largest absolute Gasteiger partial charge is 0.497 e. The number of ether oxygens (including phenoxy) is 1. The number of aliphatic hydroxyl groups is 1. The Labute approximate surface area is 121 Å². The lowest BCUT2D eigenvalue weighted by Gasteiger charge is -2.23. The number of carbonyl (C=O) groups is 1. The minimum Gasteiger partial charge on any atom is -0.497 e. The molecule has 0 bridgehead atoms. The fourth-order valence-corrected chi connectivity index (χ4v) is 2.74. The van der Waals surface area contributed by atoms with E-state index >= 15 is 0 Å². The van der Waals surface area contributed by atoms with Crippen molar-refractivity contribution in [1.29, 1.82) is 0 Å². The van der Waals surface area contributed by atoms with Crippen LogP contribution >= 0.6 is 0 Å². The second-order valence-electron chi connectivity index (χ2n) is 5.01. The van der Waals surface area contributed by atoms with Crippen molar-refractivity contribution in [1.82, 2.24) is 9.55 Å². The first-order chi connectivity index (χ1) is 10.1. The second kappa shape index (κ2) is 5.21. The third-order valence-electron chi connectivity index (χ3n) is 3.71. The number of rotatable bonds is 3. The van der Waals surface area contributed by atoms with Gasteiger partial charge < -0.3 is 19.5 Å². The second-order valence-corrected chi connectivity index (χ2v) is 5.01. The maximum Gasteiger partial charge on any atom is 0.356 e. The fourth-order valence-electron chi connectivity index (χ4n) is 2.74. The molecule has 1 aromatic heterocycles. The van der Waals surface area contributed by atoms with Crippen LogP contribution in [-0.4, -0.2) is 32.8 Å². The number of carboxylic acid groups (broad SMARTS) is 1. The van der Waals surface area contributed by atoms with Gasteiger partial charge in [-0.1, -0.05) is 12.1 Å². The number of carboxylic acids is 1. The smallest absolute Gasteiger partial charge is 0.356 e. The van der Waals surface area contributed by atoms with Crippen molar-refractivity contribution in [2.75, 3.05) is 7.11 Å². The lowest BCUT2D eigenvalue weighted by atomic mass is 10.1. The van der Waals surface area contributed by atoms with Crippen LogP contribution in [0.15, 0.2) is 24.3 Å². The van der Waals surface area contributed by atoms with Crippen molar-refractivity contribution < 1.29 is 19.7 Å². The van der Waals surface area contributed by atoms with E-state index in [9.17, 15) is 15.0 Å². The highest BCUT2D eigenvalue weighted by molar-refractivity contribution is 5.88. The van der Waals surface area contributed by atoms with Crippen LogP contribution in [0.2, 0.25) is 0 Å². The number of benzene rings is 1. The molecule has 1 atom stereocenters. The fraction of sp³-hybridized carbons (Fsp3) is 0.333. The van der Waals surface area contributed by atoms with Gasteiger partial charge in [-0.2, -0.15) is 0 Å². The molecule has 1 unspecified atom stereocenters. The average molecular weight is 288 g/mol. The molecule has 3 rings (SSSR count). The number of hydrogen-bond acceptors (Lipinski definition) is 4. The summed E-state index contributed by atoms with van der Waals surface area (Å²) >= 11 is 0. The van der Waals surface area contributed by atoms with E-state index in [2.05, 4.69) is 4.98 Å². The molecule has 1 aromatic carbocycles. The normalized spacial score (nSPS) is 17.3. The van der Waals surface area contributed by atoms with Gasteiger partial charge in [0, 0.05) is 5.56 Å². The number of aromatic nitrogens is 2. The van der Waals surface area contributed by atoms with E-state index < -0.39 is 12.2 Å². The molecule has 0 amide bonds. The van der Waals surface area contributed by atoms with Gasteiger partial charge in [0.15, 0.2) is 5.69 Å². The van der Waals surface area contributed by atoms with Crippen LogP contribution in [0.5, 0.6) is 5.75 Å². The molecule has 0 fully saturated rings. The SMILES string of the molecule is COc1cccc(-c2nc(C(=O)O)c3n2C(O)CCC3)c1. The number of fused-ring (bicyclic) bond motifs is 1. The van der Waals surface area contributed by atoms with E-state index in [1.165, 1.54) is 0 Å². The Balaban J connectivity index is 2.20. The van der Waals surface area contributed by atoms with Crippen LogP contribution in [-0.2, 0) is 6.42 Å². The summed E-state index contributed by atoms with van der Waals surface area (Å²) in [5, 5.41) is 19.5. The lowest BCUT2D eigenvalue weighted by Crippen LogP contribution is -2.19. The Morgan fingerprint density at radius 2 is 2.29 bits per heavy atom. The van der Waals surface area contributed by atoms with Gasteiger partial charge in [0.1, 0.15) is 17.8 Å². The lowest BCUT2D eigenvalue weighted by molar-refractivity contribution is 0.0678. The summed E-state index contributed by atoms with van der Waals surface area (Å²) < 4.78 is 6.81. The topological polar surface area (TPSA) is 84.6 Å². The highest BCUT2D eigenvalue weighted by Gasteiger charge is 2.29. The molecular formula is C15H16N2O4. The minimum atomic E-state index is -1.07. The Morgan fingerprint density at radius 1 is 1.48 bits per heavy atom. The van der Waals surface area contributed by atoms with Crippen LogP contribution < -0.4 is 4.74 Å². The van der Waals surface area contributed by atoms with Crippen molar-refractivity contribution in [2.24, 2.45) is 0 Å². The van der Waals surface area contributed by atoms with Gasteiger partial charge in [-0.3, -0.25) is 0 Å². The molecule has 1 aliphatic rings. The van der Waals surface area contributed by atoms with E-state index in [0.717, 1.165) is 12.0 Å². The van der Waals surface area contributed by atoms with Crippen LogP contribution in [0.4, 0.5) is 0 Å². The molecule has 6 nitrogen and oxygen atoms in total. The summed E-state index contributed by atoms with van der Waals surface area (Å²) in [6, 6.07) is 7.22. The van der Waals surface area contributed by atoms with E-state index in [-0.39, 0.29) is 5.69 Å². The van der Waals surface area contributed by atoms with Crippen molar-refractivity contribution in [3.8, 4) is 17.1 Å². The van der Waals surface area contributed by atoms with E-state index in [0.29, 0.717) is 30.1 Å². The predicted molar refractivity (Wildman–Crippen MR) is 75.4 cm³/mol. The standard InChI is InChI=1S/C15H16N2O4/c1-21-10-5-2-4-9(8-10)14-16-13(15(19)20)11-6-3-7-12(18)17(11)14/h2,4-5,8,12,18H,3,6-7H2,1H3,(H,19,20). The Hall–Kier alpha value is -2.34. The van der Waals surface area contributed by atoms with Gasteiger partial charge in [-0.15, -0.1) is 0 Å². The summed E-state index contributed by atoms with van der Waals surface area (Å²) in [6.07, 6.45) is 1.22. The number of methoxy groups -OCH3 is 1. The molecule has 0 spiro atoms. The molecule has 2 heterocycles. The first-order valence-electron chi connectivity index (χ1n) is 6.78. The van der Waals surface area contributed by atoms with E-state index in [4.69, 9.17) is 4.74 Å². The molecule has 0 aliphatic carbocycles. The molecule has 0 saturated carbocycles. The zero-order chi connectivity index (χ0) is 15.0. The van der Waals surface area contributed by atoms with Crippen LogP contribution in [0.1, 0.15) is 35.3 Å². The third-order valence-corrected chi connectivity index (χ3v) is 3.71. The number of aromatic carboxylic acids is 1. The van der Waals surface area contributed by atoms with Gasteiger partial charge >= 0.3 is 5.97 Å². The molecule has 0 radical (unpaired) electrons. The average Bonchev–Trinajstić information content (AvgIpc) is 2.88. The molecule has 6 heteroatoms. The molecule has 2 aromatic rings. The maximum atomic E-state index is 11.4. The molecule has 2 N–H and O–H groups in total. The quantitative estimate of drug-likeness (QED) is 0.903. The molecular weight excluding hydrogens is 272 g/mol. The van der Waals surface area contributed by atoms with Crippen LogP contribution in [0.25, 0.3) is 11.4 Å². The van der Waals surface area contributed by atoms with Crippen molar-refractivity contribution in [3.05, 3.63) is 35.7 Å². The third kappa shape index (κ3) is 2.27. The Bertz CT molecular complexity index is 693. The van der Waals surface area contributed by atoms with Gasteiger partial charge in [-0.25, -0.2) is 9.78 Å². The number of imidazole rings is 1. The van der Waals surface area contributed by atoms with Gasteiger partial charge in [0.05, 0.1) is 12.8 Å². The molecule has 1 aliphatic heterocycles. The predicted octanol–water partition coefficient (Wildman–Crippen LogP) is 2.08. The van der Waals surface area contributed by atoms with Gasteiger partial charge in [-0.05, 0) is 31.4 Å². The summed E-state index contributed by atoms with van der Waals surface area (Å²) in [6.45, 7) is 0.